The van der Waals surface area contributed by atoms with Crippen molar-refractivity contribution in [2.45, 2.75) is 45.6 Å². The first-order valence-corrected chi connectivity index (χ1v) is 10.2. The van der Waals surface area contributed by atoms with Gasteiger partial charge in [-0.2, -0.15) is 0 Å². The molecule has 0 aliphatic carbocycles. The van der Waals surface area contributed by atoms with E-state index in [0.29, 0.717) is 13.0 Å². The summed E-state index contributed by atoms with van der Waals surface area (Å²) in [5.74, 6) is 0.105. The number of carbonyl (C=O) groups excluding carboxylic acids is 1. The smallest absolute Gasteiger partial charge is 0.227 e. The molecule has 3 radical (unpaired) electrons. The van der Waals surface area contributed by atoms with Crippen molar-refractivity contribution in [1.29, 1.82) is 0 Å². The summed E-state index contributed by atoms with van der Waals surface area (Å²) >= 11 is 0. The lowest BCUT2D eigenvalue weighted by atomic mass is 9.53. The van der Waals surface area contributed by atoms with Crippen LogP contribution in [-0.4, -0.2) is 35.8 Å². The number of carbonyl (C=O) groups is 1. The van der Waals surface area contributed by atoms with Crippen molar-refractivity contribution in [3.63, 3.8) is 0 Å². The highest BCUT2D eigenvalue weighted by molar-refractivity contribution is 6.89. The van der Waals surface area contributed by atoms with E-state index in [1.807, 2.05) is 46.8 Å². The Balaban J connectivity index is 1.89. The van der Waals surface area contributed by atoms with Crippen LogP contribution in [0.1, 0.15) is 31.7 Å². The molecule has 0 fully saturated rings. The first-order valence-electron chi connectivity index (χ1n) is 10.2. The Morgan fingerprint density at radius 3 is 2.66 bits per heavy atom. The second-order valence-electron chi connectivity index (χ2n) is 7.25. The van der Waals surface area contributed by atoms with Crippen LogP contribution in [0.25, 0.3) is 22.5 Å². The maximum atomic E-state index is 12.9. The SMILES string of the molecule is [B][B]CCCCn1nnc2c1-c1ccccc1N(C(=O)CC)Cc1ccccc1-2. The molecule has 0 unspecified atom stereocenters. The zero-order valence-electron chi connectivity index (χ0n) is 16.7. The Bertz CT molecular complexity index is 1020. The van der Waals surface area contributed by atoms with Crippen molar-refractivity contribution in [1.82, 2.24) is 15.0 Å². The molecule has 0 N–H and O–H groups in total. The average molecular weight is 381 g/mol. The van der Waals surface area contributed by atoms with E-state index in [-0.39, 0.29) is 5.91 Å². The molecule has 7 heteroatoms. The number of aromatic nitrogens is 3. The molecule has 2 aromatic carbocycles. The third-order valence-electron chi connectivity index (χ3n) is 5.38. The van der Waals surface area contributed by atoms with Crippen molar-refractivity contribution in [2.75, 3.05) is 4.90 Å². The Morgan fingerprint density at radius 1 is 1.10 bits per heavy atom. The second-order valence-corrected chi connectivity index (χ2v) is 7.25. The van der Waals surface area contributed by atoms with Gasteiger partial charge in [0.15, 0.2) is 0 Å². The summed E-state index contributed by atoms with van der Waals surface area (Å²) in [5.41, 5.74) is 5.87. The van der Waals surface area contributed by atoms with Crippen LogP contribution < -0.4 is 4.90 Å². The van der Waals surface area contributed by atoms with Gasteiger partial charge in [0.25, 0.3) is 0 Å². The van der Waals surface area contributed by atoms with Crippen molar-refractivity contribution in [3.8, 4) is 22.5 Å². The van der Waals surface area contributed by atoms with Crippen LogP contribution in [0.3, 0.4) is 0 Å². The van der Waals surface area contributed by atoms with Gasteiger partial charge in [-0.1, -0.05) is 67.3 Å². The molecule has 1 aliphatic heterocycles. The van der Waals surface area contributed by atoms with Crippen LogP contribution in [0, 0.1) is 0 Å². The summed E-state index contributed by atoms with van der Waals surface area (Å²) in [5, 5.41) is 9.05. The number of nitrogens with zero attached hydrogens (tertiary/aromatic N) is 4. The fourth-order valence-electron chi connectivity index (χ4n) is 3.91. The Hall–Kier alpha value is -2.82. The van der Waals surface area contributed by atoms with Gasteiger partial charge in [-0.15, -0.1) is 5.10 Å². The largest absolute Gasteiger partial charge is 0.307 e. The number of benzene rings is 2. The van der Waals surface area contributed by atoms with Crippen molar-refractivity contribution >= 4 is 26.5 Å². The molecule has 4 rings (SSSR count). The van der Waals surface area contributed by atoms with Crippen LogP contribution in [0.2, 0.25) is 6.32 Å². The standard InChI is InChI=1S/C22H23B2N4O/c1-2-20(29)27-15-16-9-3-4-10-17(16)21-22(18-11-5-6-12-19(18)27)28(26-25-21)14-8-7-13-24-23/h3-6,9-12H,2,7-8,13-15H2,1H3. The highest BCUT2D eigenvalue weighted by Crippen LogP contribution is 2.41. The van der Waals surface area contributed by atoms with Gasteiger partial charge in [-0.3, -0.25) is 4.79 Å². The molecule has 2 heterocycles. The quantitative estimate of drug-likeness (QED) is 0.482. The van der Waals surface area contributed by atoms with Gasteiger partial charge < -0.3 is 4.90 Å². The summed E-state index contributed by atoms with van der Waals surface area (Å²) in [7, 11) is 7.21. The number of amides is 1. The third kappa shape index (κ3) is 3.74. The number of hydrogen-bond donors (Lipinski definition) is 0. The van der Waals surface area contributed by atoms with Crippen molar-refractivity contribution in [3.05, 3.63) is 54.1 Å². The summed E-state index contributed by atoms with van der Waals surface area (Å²) in [6.07, 6.45) is 3.31. The van der Waals surface area contributed by atoms with Gasteiger partial charge >= 0.3 is 0 Å². The highest BCUT2D eigenvalue weighted by atomic mass is 16.2. The molecular weight excluding hydrogens is 358 g/mol. The first-order chi connectivity index (χ1) is 14.2. The van der Waals surface area contributed by atoms with Crippen LogP contribution in [0.15, 0.2) is 48.5 Å². The third-order valence-corrected chi connectivity index (χ3v) is 5.38. The minimum atomic E-state index is 0.105. The lowest BCUT2D eigenvalue weighted by Crippen LogP contribution is -2.31. The van der Waals surface area contributed by atoms with E-state index in [4.69, 9.17) is 7.74 Å². The van der Waals surface area contributed by atoms with Crippen LogP contribution in [-0.2, 0) is 17.9 Å². The summed E-state index contributed by atoms with van der Waals surface area (Å²) < 4.78 is 1.97. The molecule has 1 amide bonds. The number of rotatable bonds is 6. The Morgan fingerprint density at radius 2 is 1.86 bits per heavy atom. The fraction of sp³-hybridized carbons (Fsp3) is 0.318. The molecule has 0 bridgehead atoms. The number of unbranched alkanes of at least 4 members (excludes halogenated alkanes) is 1. The van der Waals surface area contributed by atoms with Gasteiger partial charge in [-0.05, 0) is 18.1 Å². The number of hydrogen-bond acceptors (Lipinski definition) is 3. The molecule has 1 aliphatic rings. The van der Waals surface area contributed by atoms with Gasteiger partial charge in [0, 0.05) is 31.8 Å². The van der Waals surface area contributed by atoms with Gasteiger partial charge in [0.1, 0.15) is 5.69 Å². The molecule has 1 aromatic heterocycles. The topological polar surface area (TPSA) is 51.0 Å². The minimum absolute atomic E-state index is 0.105. The molecule has 5 nitrogen and oxygen atoms in total. The lowest BCUT2D eigenvalue weighted by molar-refractivity contribution is -0.118. The van der Waals surface area contributed by atoms with Crippen LogP contribution >= 0.6 is 0 Å². The van der Waals surface area contributed by atoms with Crippen LogP contribution in [0.5, 0.6) is 0 Å². The zero-order valence-corrected chi connectivity index (χ0v) is 16.7. The fourth-order valence-corrected chi connectivity index (χ4v) is 3.91. The minimum Gasteiger partial charge on any atom is -0.307 e. The monoisotopic (exact) mass is 381 g/mol. The maximum absolute atomic E-state index is 12.9. The van der Waals surface area contributed by atoms with Crippen molar-refractivity contribution < 1.29 is 4.79 Å². The van der Waals surface area contributed by atoms with E-state index >= 15 is 0 Å². The lowest BCUT2D eigenvalue weighted by Gasteiger charge is -2.28. The van der Waals surface area contributed by atoms with E-state index in [1.165, 1.54) is 0 Å². The van der Waals surface area contributed by atoms with E-state index in [2.05, 4.69) is 28.5 Å². The van der Waals surface area contributed by atoms with Crippen molar-refractivity contribution in [2.24, 2.45) is 0 Å². The molecule has 29 heavy (non-hydrogen) atoms. The zero-order chi connectivity index (χ0) is 20.2. The molecule has 0 atom stereocenters. The number of anilines is 1. The summed E-state index contributed by atoms with van der Waals surface area (Å²) in [6.45, 7) is 3.19. The molecule has 0 saturated carbocycles. The van der Waals surface area contributed by atoms with E-state index in [0.717, 1.165) is 59.5 Å². The number of para-hydroxylation sites is 1. The molecule has 0 spiro atoms. The van der Waals surface area contributed by atoms with E-state index in [9.17, 15) is 4.79 Å². The van der Waals surface area contributed by atoms with Gasteiger partial charge in [0.2, 0.25) is 5.91 Å². The Labute approximate surface area is 173 Å². The number of aryl methyl sites for hydroxylation is 1. The van der Waals surface area contributed by atoms with Crippen LogP contribution in [0.4, 0.5) is 5.69 Å². The summed E-state index contributed by atoms with van der Waals surface area (Å²) in [4.78, 5) is 14.7. The summed E-state index contributed by atoms with van der Waals surface area (Å²) in [6, 6.07) is 16.2. The highest BCUT2D eigenvalue weighted by Gasteiger charge is 2.28. The van der Waals surface area contributed by atoms with Gasteiger partial charge in [-0.25, -0.2) is 4.68 Å². The predicted octanol–water partition coefficient (Wildman–Crippen LogP) is 3.85. The maximum Gasteiger partial charge on any atom is 0.227 e. The molecule has 143 valence electrons. The number of fused-ring (bicyclic) bond motifs is 5. The molecular formula is C22H23B2N4O. The average Bonchev–Trinajstić information content (AvgIpc) is 3.16. The predicted molar refractivity (Wildman–Crippen MR) is 118 cm³/mol. The second kappa shape index (κ2) is 8.68. The Kier molecular flexibility index (Phi) is 5.84. The molecule has 0 saturated heterocycles. The van der Waals surface area contributed by atoms with E-state index < -0.39 is 0 Å². The first kappa shape index (κ1) is 19.5. The van der Waals surface area contributed by atoms with E-state index in [1.54, 1.807) is 7.17 Å². The normalized spacial score (nSPS) is 12.4. The van der Waals surface area contributed by atoms with Gasteiger partial charge in [0.05, 0.1) is 25.1 Å². The molecule has 3 aromatic rings.